The van der Waals surface area contributed by atoms with Gasteiger partial charge in [-0.3, -0.25) is 9.69 Å². The summed E-state index contributed by atoms with van der Waals surface area (Å²) in [6.07, 6.45) is -2.13. The molecule has 1 saturated heterocycles. The van der Waals surface area contributed by atoms with Crippen LogP contribution in [0, 0.1) is 0 Å². The van der Waals surface area contributed by atoms with E-state index in [4.69, 9.17) is 9.15 Å². The van der Waals surface area contributed by atoms with Crippen LogP contribution in [0.25, 0.3) is 0 Å². The van der Waals surface area contributed by atoms with Crippen LogP contribution in [0.15, 0.2) is 4.42 Å². The predicted molar refractivity (Wildman–Crippen MR) is 83.6 cm³/mol. The minimum Gasteiger partial charge on any atom is -0.444 e. The van der Waals surface area contributed by atoms with Gasteiger partial charge in [-0.15, -0.1) is 10.2 Å². The van der Waals surface area contributed by atoms with Gasteiger partial charge in [0.05, 0.1) is 6.54 Å². The van der Waals surface area contributed by atoms with Crippen LogP contribution in [0.4, 0.5) is 9.18 Å². The maximum absolute atomic E-state index is 13.8. The molecular weight excluding hydrogens is 317 g/mol. The first kappa shape index (κ1) is 18.4. The maximum Gasteiger partial charge on any atom is 0.411 e. The van der Waals surface area contributed by atoms with Gasteiger partial charge in [0.2, 0.25) is 11.7 Å². The van der Waals surface area contributed by atoms with Gasteiger partial charge in [0, 0.05) is 11.8 Å². The average molecular weight is 341 g/mol. The summed E-state index contributed by atoms with van der Waals surface area (Å²) >= 11 is 0. The SMILES string of the molecule is CC(C)(C)OC(=O)N1C[C@@H](F)C[C@@H]1C(=O)c1nnc(C(C)(C)C)o1. The smallest absolute Gasteiger partial charge is 0.411 e. The number of aromatic nitrogens is 2. The van der Waals surface area contributed by atoms with Gasteiger partial charge in [0.15, 0.2) is 0 Å². The zero-order chi connectivity index (χ0) is 18.3. The quantitative estimate of drug-likeness (QED) is 0.769. The van der Waals surface area contributed by atoms with Crippen molar-refractivity contribution in [2.24, 2.45) is 0 Å². The third-order valence-corrected chi connectivity index (χ3v) is 3.46. The molecule has 2 heterocycles. The third kappa shape index (κ3) is 4.10. The van der Waals surface area contributed by atoms with E-state index in [-0.39, 0.29) is 18.9 Å². The van der Waals surface area contributed by atoms with Gasteiger partial charge < -0.3 is 9.15 Å². The molecule has 1 aliphatic rings. The number of carbonyl (C=O) groups is 2. The molecule has 2 atom stereocenters. The Morgan fingerprint density at radius 1 is 1.21 bits per heavy atom. The lowest BCUT2D eigenvalue weighted by molar-refractivity contribution is 0.0211. The van der Waals surface area contributed by atoms with Crippen LogP contribution in [0.2, 0.25) is 0 Å². The van der Waals surface area contributed by atoms with Crippen LogP contribution in [0.1, 0.15) is 64.5 Å². The molecule has 1 aromatic rings. The second-order valence-electron chi connectivity index (χ2n) is 8.01. The highest BCUT2D eigenvalue weighted by molar-refractivity contribution is 5.98. The fraction of sp³-hybridized carbons (Fsp3) is 0.750. The summed E-state index contributed by atoms with van der Waals surface area (Å²) in [5.74, 6) is -0.471. The fourth-order valence-corrected chi connectivity index (χ4v) is 2.32. The molecule has 0 radical (unpaired) electrons. The van der Waals surface area contributed by atoms with Crippen LogP contribution < -0.4 is 0 Å². The van der Waals surface area contributed by atoms with Gasteiger partial charge in [-0.05, 0) is 20.8 Å². The minimum atomic E-state index is -1.29. The van der Waals surface area contributed by atoms with Gasteiger partial charge in [-0.2, -0.15) is 0 Å². The highest BCUT2D eigenvalue weighted by Crippen LogP contribution is 2.27. The summed E-state index contributed by atoms with van der Waals surface area (Å²) in [5, 5.41) is 7.62. The first-order valence-corrected chi connectivity index (χ1v) is 7.90. The lowest BCUT2D eigenvalue weighted by Crippen LogP contribution is -2.43. The van der Waals surface area contributed by atoms with Crippen molar-refractivity contribution < 1.29 is 23.1 Å². The van der Waals surface area contributed by atoms with E-state index in [9.17, 15) is 14.0 Å². The van der Waals surface area contributed by atoms with Gasteiger partial charge in [-0.1, -0.05) is 20.8 Å². The number of carbonyl (C=O) groups excluding carboxylic acids is 2. The number of Topliss-reactive ketones (excluding diaryl/α,β-unsaturated/α-hetero) is 1. The van der Waals surface area contributed by atoms with E-state index in [1.807, 2.05) is 20.8 Å². The summed E-state index contributed by atoms with van der Waals surface area (Å²) < 4.78 is 24.5. The van der Waals surface area contributed by atoms with Crippen molar-refractivity contribution in [2.75, 3.05) is 6.54 Å². The molecule has 1 fully saturated rings. The number of ketones is 1. The number of likely N-dealkylation sites (tertiary alicyclic amines) is 1. The van der Waals surface area contributed by atoms with Gasteiger partial charge >= 0.3 is 6.09 Å². The molecule has 1 aromatic heterocycles. The topological polar surface area (TPSA) is 85.5 Å². The monoisotopic (exact) mass is 341 g/mol. The van der Waals surface area contributed by atoms with Crippen molar-refractivity contribution in [3.8, 4) is 0 Å². The summed E-state index contributed by atoms with van der Waals surface area (Å²) in [6.45, 7) is 10.5. The Hall–Kier alpha value is -1.99. The van der Waals surface area contributed by atoms with Gasteiger partial charge in [0.1, 0.15) is 17.8 Å². The molecule has 1 amide bonds. The lowest BCUT2D eigenvalue weighted by Gasteiger charge is -2.27. The Bertz CT molecular complexity index is 630. The normalized spacial score (nSPS) is 21.9. The highest BCUT2D eigenvalue weighted by Gasteiger charge is 2.43. The fourth-order valence-electron chi connectivity index (χ4n) is 2.32. The molecule has 0 bridgehead atoms. The second-order valence-corrected chi connectivity index (χ2v) is 8.01. The Labute approximate surface area is 140 Å². The number of nitrogens with zero attached hydrogens (tertiary/aromatic N) is 3. The number of hydrogen-bond donors (Lipinski definition) is 0. The summed E-state index contributed by atoms with van der Waals surface area (Å²) in [6, 6.07) is -0.997. The van der Waals surface area contributed by atoms with Crippen LogP contribution in [-0.4, -0.2) is 51.3 Å². The van der Waals surface area contributed by atoms with Crippen LogP contribution in [0.3, 0.4) is 0 Å². The van der Waals surface area contributed by atoms with Crippen LogP contribution in [-0.2, 0) is 10.2 Å². The van der Waals surface area contributed by atoms with E-state index in [1.165, 1.54) is 0 Å². The number of halogens is 1. The van der Waals surface area contributed by atoms with Gasteiger partial charge in [0.25, 0.3) is 5.89 Å². The molecule has 2 rings (SSSR count). The largest absolute Gasteiger partial charge is 0.444 e. The Kier molecular flexibility index (Phi) is 4.70. The molecule has 0 aliphatic carbocycles. The molecule has 8 heteroatoms. The van der Waals surface area contributed by atoms with Crippen molar-refractivity contribution in [2.45, 2.75) is 71.2 Å². The molecule has 0 aromatic carbocycles. The molecule has 0 unspecified atom stereocenters. The molecule has 7 nitrogen and oxygen atoms in total. The maximum atomic E-state index is 13.8. The zero-order valence-electron chi connectivity index (χ0n) is 14.9. The van der Waals surface area contributed by atoms with E-state index in [2.05, 4.69) is 10.2 Å². The zero-order valence-corrected chi connectivity index (χ0v) is 14.9. The van der Waals surface area contributed by atoms with Crippen molar-refractivity contribution in [3.63, 3.8) is 0 Å². The standard InChI is InChI=1S/C16H24FN3O4/c1-15(2,3)13-19-18-12(23-13)11(21)10-7-9(17)8-20(10)14(22)24-16(4,5)6/h9-10H,7-8H2,1-6H3/t9-,10+/m0/s1. The first-order valence-electron chi connectivity index (χ1n) is 7.90. The third-order valence-electron chi connectivity index (χ3n) is 3.46. The summed E-state index contributed by atoms with van der Waals surface area (Å²) in [7, 11) is 0. The molecule has 134 valence electrons. The lowest BCUT2D eigenvalue weighted by atomic mass is 9.97. The molecule has 0 spiro atoms. The molecule has 1 aliphatic heterocycles. The second kappa shape index (κ2) is 6.14. The molecule has 0 saturated carbocycles. The van der Waals surface area contributed by atoms with E-state index in [0.717, 1.165) is 4.90 Å². The Morgan fingerprint density at radius 3 is 2.33 bits per heavy atom. The van der Waals surface area contributed by atoms with E-state index in [1.54, 1.807) is 20.8 Å². The Morgan fingerprint density at radius 2 is 1.83 bits per heavy atom. The van der Waals surface area contributed by atoms with E-state index >= 15 is 0 Å². The number of ether oxygens (including phenoxy) is 1. The Balaban J connectivity index is 2.20. The van der Waals surface area contributed by atoms with E-state index in [0.29, 0.717) is 5.89 Å². The summed E-state index contributed by atoms with van der Waals surface area (Å²) in [4.78, 5) is 25.9. The van der Waals surface area contributed by atoms with Crippen molar-refractivity contribution in [1.82, 2.24) is 15.1 Å². The summed E-state index contributed by atoms with van der Waals surface area (Å²) in [5.41, 5.74) is -1.14. The number of hydrogen-bond acceptors (Lipinski definition) is 6. The van der Waals surface area contributed by atoms with E-state index < -0.39 is 35.1 Å². The van der Waals surface area contributed by atoms with Crippen molar-refractivity contribution in [1.29, 1.82) is 0 Å². The average Bonchev–Trinajstić information content (AvgIpc) is 3.01. The van der Waals surface area contributed by atoms with Crippen molar-refractivity contribution in [3.05, 3.63) is 11.8 Å². The van der Waals surface area contributed by atoms with Gasteiger partial charge in [-0.25, -0.2) is 9.18 Å². The first-order chi connectivity index (χ1) is 10.9. The van der Waals surface area contributed by atoms with Crippen LogP contribution in [0.5, 0.6) is 0 Å². The number of rotatable bonds is 2. The molecule has 0 N–H and O–H groups in total. The number of amides is 1. The molecular formula is C16H24FN3O4. The predicted octanol–water partition coefficient (Wildman–Crippen LogP) is 2.90. The minimum absolute atomic E-state index is 0.106. The highest BCUT2D eigenvalue weighted by atomic mass is 19.1. The van der Waals surface area contributed by atoms with Crippen molar-refractivity contribution >= 4 is 11.9 Å². The van der Waals surface area contributed by atoms with Crippen LogP contribution >= 0.6 is 0 Å². The molecule has 24 heavy (non-hydrogen) atoms. The number of alkyl halides is 1.